The van der Waals surface area contributed by atoms with E-state index in [1.165, 1.54) is 56.5 Å². The molecule has 2 aliphatic heterocycles. The molecule has 0 spiro atoms. The Morgan fingerprint density at radius 1 is 0.850 bits per heavy atom. The Morgan fingerprint density at radius 3 is 2.02 bits per heavy atom. The predicted octanol–water partition coefficient (Wildman–Crippen LogP) is 3.48. The van der Waals surface area contributed by atoms with Gasteiger partial charge >= 0.3 is 22.2 Å². The zero-order chi connectivity index (χ0) is 28.9. The van der Waals surface area contributed by atoms with Gasteiger partial charge in [-0.1, -0.05) is 36.4 Å². The van der Waals surface area contributed by atoms with Gasteiger partial charge in [0.25, 0.3) is 10.0 Å². The van der Waals surface area contributed by atoms with Crippen molar-refractivity contribution in [2.24, 2.45) is 0 Å². The van der Waals surface area contributed by atoms with Crippen molar-refractivity contribution in [3.05, 3.63) is 84.4 Å². The second kappa shape index (κ2) is 9.82. The lowest BCUT2D eigenvalue weighted by atomic mass is 9.90. The molecular formula is C27H26N2O9S2. The molecule has 5 rings (SSSR count). The Hall–Kier alpha value is -4.10. The summed E-state index contributed by atoms with van der Waals surface area (Å²) in [4.78, 5) is 27.1. The second-order valence-electron chi connectivity index (χ2n) is 9.51. The molecule has 0 aliphatic carbocycles. The Bertz CT molecular complexity index is 1680. The molecule has 3 aromatic carbocycles. The molecule has 0 radical (unpaired) electrons. The number of carbonyl (C=O) groups excluding carboxylic acids is 2. The summed E-state index contributed by atoms with van der Waals surface area (Å²) in [5, 5.41) is 0. The summed E-state index contributed by atoms with van der Waals surface area (Å²) in [5.74, 6) is -1.57. The molecule has 11 nitrogen and oxygen atoms in total. The Labute approximate surface area is 232 Å². The van der Waals surface area contributed by atoms with Gasteiger partial charge in [0.05, 0.1) is 24.8 Å². The molecule has 0 unspecified atom stereocenters. The molecule has 0 saturated carbocycles. The fraction of sp³-hybridized carbons (Fsp3) is 0.259. The summed E-state index contributed by atoms with van der Waals surface area (Å²) >= 11 is 0. The highest BCUT2D eigenvalue weighted by Crippen LogP contribution is 2.56. The topological polar surface area (TPSA) is 137 Å². The first-order chi connectivity index (χ1) is 19.0. The Kier molecular flexibility index (Phi) is 6.74. The van der Waals surface area contributed by atoms with E-state index in [1.54, 1.807) is 36.4 Å². The van der Waals surface area contributed by atoms with Crippen LogP contribution in [0.15, 0.2) is 88.7 Å². The van der Waals surface area contributed by atoms with Gasteiger partial charge < -0.3 is 13.7 Å². The number of ether oxygens (including phenoxy) is 2. The van der Waals surface area contributed by atoms with E-state index in [-0.39, 0.29) is 27.6 Å². The van der Waals surface area contributed by atoms with Gasteiger partial charge in [0, 0.05) is 5.92 Å². The van der Waals surface area contributed by atoms with Crippen LogP contribution >= 0.6 is 0 Å². The number of carbonyl (C=O) groups is 2. The molecule has 40 heavy (non-hydrogen) atoms. The van der Waals surface area contributed by atoms with Crippen molar-refractivity contribution < 1.29 is 40.1 Å². The zero-order valence-corrected chi connectivity index (χ0v) is 23.4. The molecule has 210 valence electrons. The average Bonchev–Trinajstić information content (AvgIpc) is 3.43. The number of likely N-dealkylation sites (tertiary alicyclic amines) is 1. The van der Waals surface area contributed by atoms with Gasteiger partial charge in [0.1, 0.15) is 22.3 Å². The minimum absolute atomic E-state index is 0.0257. The number of nitrogens with zero attached hydrogens (tertiary/aromatic N) is 2. The standard InChI is InChI=1S/C27H26N2O9S2/c1-27(25(30)36-2)17-22-21-16-18(38-40(34,35)20-12-8-5-9-13-20)14-15-23(21)29(24(22)28(27)26(31)37-3)39(32,33)19-10-6-4-7-11-19/h4-16,22,24H,17H2,1-3H3/t22-,24+,27+/m1/s1. The largest absolute Gasteiger partial charge is 0.467 e. The normalized spacial score (nSPS) is 21.9. The zero-order valence-electron chi connectivity index (χ0n) is 21.8. The number of anilines is 1. The van der Waals surface area contributed by atoms with E-state index in [9.17, 15) is 26.4 Å². The summed E-state index contributed by atoms with van der Waals surface area (Å²) in [6.45, 7) is 1.47. The quantitative estimate of drug-likeness (QED) is 0.314. The average molecular weight is 587 g/mol. The first-order valence-electron chi connectivity index (χ1n) is 12.1. The minimum atomic E-state index is -4.28. The number of esters is 1. The third-order valence-corrected chi connectivity index (χ3v) is 10.2. The number of rotatable bonds is 6. The fourth-order valence-corrected chi connectivity index (χ4v) is 8.04. The maximum Gasteiger partial charge on any atom is 0.412 e. The highest BCUT2D eigenvalue weighted by Gasteiger charge is 2.64. The van der Waals surface area contributed by atoms with E-state index in [1.807, 2.05) is 0 Å². The van der Waals surface area contributed by atoms with E-state index in [2.05, 4.69) is 0 Å². The molecule has 1 saturated heterocycles. The van der Waals surface area contributed by atoms with Crippen LogP contribution in [-0.2, 0) is 34.4 Å². The number of hydrogen-bond donors (Lipinski definition) is 0. The Morgan fingerprint density at radius 2 is 1.45 bits per heavy atom. The summed E-state index contributed by atoms with van der Waals surface area (Å²) < 4.78 is 70.3. The molecule has 2 aliphatic rings. The number of fused-ring (bicyclic) bond motifs is 3. The third kappa shape index (κ3) is 4.25. The molecule has 3 aromatic rings. The lowest BCUT2D eigenvalue weighted by Crippen LogP contribution is -2.59. The summed E-state index contributed by atoms with van der Waals surface area (Å²) in [7, 11) is -6.18. The van der Waals surface area contributed by atoms with Gasteiger partial charge in [-0.05, 0) is 61.4 Å². The third-order valence-electron chi connectivity index (χ3n) is 7.18. The minimum Gasteiger partial charge on any atom is -0.467 e. The predicted molar refractivity (Wildman–Crippen MR) is 143 cm³/mol. The molecule has 0 N–H and O–H groups in total. The molecule has 1 amide bonds. The van der Waals surface area contributed by atoms with Crippen molar-refractivity contribution in [3.63, 3.8) is 0 Å². The first-order valence-corrected chi connectivity index (χ1v) is 15.0. The smallest absolute Gasteiger partial charge is 0.412 e. The van der Waals surface area contributed by atoms with Crippen LogP contribution in [0.3, 0.4) is 0 Å². The van der Waals surface area contributed by atoms with Crippen LogP contribution in [0.5, 0.6) is 5.75 Å². The van der Waals surface area contributed by atoms with Crippen molar-refractivity contribution in [1.29, 1.82) is 0 Å². The SMILES string of the molecule is COC(=O)N1[C@@H]2[C@H](C[C@@]1(C)C(=O)OC)c1cc(OS(=O)(=O)c3ccccc3)ccc1N2S(=O)(=O)c1ccccc1. The van der Waals surface area contributed by atoms with E-state index < -0.39 is 49.8 Å². The van der Waals surface area contributed by atoms with E-state index in [4.69, 9.17) is 13.7 Å². The lowest BCUT2D eigenvalue weighted by Gasteiger charge is -2.38. The van der Waals surface area contributed by atoms with Crippen molar-refractivity contribution in [1.82, 2.24) is 4.90 Å². The molecule has 0 bridgehead atoms. The van der Waals surface area contributed by atoms with Crippen LogP contribution in [-0.4, -0.2) is 59.7 Å². The van der Waals surface area contributed by atoms with Crippen LogP contribution in [0.4, 0.5) is 10.5 Å². The number of amides is 1. The van der Waals surface area contributed by atoms with Crippen LogP contribution in [0.1, 0.15) is 24.8 Å². The summed E-state index contributed by atoms with van der Waals surface area (Å²) in [6.07, 6.45) is -2.16. The van der Waals surface area contributed by atoms with Crippen LogP contribution < -0.4 is 8.49 Å². The van der Waals surface area contributed by atoms with Gasteiger partial charge in [-0.3, -0.25) is 4.90 Å². The number of sulfonamides is 1. The molecular weight excluding hydrogens is 560 g/mol. The van der Waals surface area contributed by atoms with Gasteiger partial charge in [0.2, 0.25) is 0 Å². The fourth-order valence-electron chi connectivity index (χ4n) is 5.42. The van der Waals surface area contributed by atoms with Gasteiger partial charge in [0.15, 0.2) is 0 Å². The van der Waals surface area contributed by atoms with Crippen LogP contribution in [0.2, 0.25) is 0 Å². The van der Waals surface area contributed by atoms with E-state index >= 15 is 0 Å². The van der Waals surface area contributed by atoms with Crippen molar-refractivity contribution in [3.8, 4) is 5.75 Å². The monoisotopic (exact) mass is 586 g/mol. The lowest BCUT2D eigenvalue weighted by molar-refractivity contribution is -0.152. The first kappa shape index (κ1) is 27.5. The van der Waals surface area contributed by atoms with Crippen molar-refractivity contribution in [2.45, 2.75) is 40.8 Å². The number of benzene rings is 3. The molecule has 0 aromatic heterocycles. The number of hydrogen-bond acceptors (Lipinski definition) is 9. The summed E-state index contributed by atoms with van der Waals surface area (Å²) in [5.41, 5.74) is -0.998. The maximum atomic E-state index is 14.0. The highest BCUT2D eigenvalue weighted by atomic mass is 32.2. The van der Waals surface area contributed by atoms with Crippen LogP contribution in [0.25, 0.3) is 0 Å². The second-order valence-corrected chi connectivity index (χ2v) is 12.9. The van der Waals surface area contributed by atoms with Gasteiger partial charge in [-0.2, -0.15) is 8.42 Å². The van der Waals surface area contributed by atoms with Crippen molar-refractivity contribution in [2.75, 3.05) is 18.5 Å². The Balaban J connectivity index is 1.68. The molecule has 2 heterocycles. The van der Waals surface area contributed by atoms with Crippen LogP contribution in [0, 0.1) is 0 Å². The van der Waals surface area contributed by atoms with Crippen molar-refractivity contribution >= 4 is 37.9 Å². The maximum absolute atomic E-state index is 14.0. The highest BCUT2D eigenvalue weighted by molar-refractivity contribution is 7.93. The van der Waals surface area contributed by atoms with E-state index in [0.29, 0.717) is 5.56 Å². The number of methoxy groups -OCH3 is 2. The van der Waals surface area contributed by atoms with Gasteiger partial charge in [-0.15, -0.1) is 0 Å². The molecule has 13 heteroatoms. The van der Waals surface area contributed by atoms with E-state index in [0.717, 1.165) is 16.3 Å². The van der Waals surface area contributed by atoms with Gasteiger partial charge in [-0.25, -0.2) is 22.3 Å². The summed E-state index contributed by atoms with van der Waals surface area (Å²) in [6, 6.07) is 19.4. The molecule has 1 fully saturated rings. The molecule has 3 atom stereocenters.